The highest BCUT2D eigenvalue weighted by Crippen LogP contribution is 2.32. The monoisotopic (exact) mass is 290 g/mol. The second kappa shape index (κ2) is 7.10. The summed E-state index contributed by atoms with van der Waals surface area (Å²) in [6, 6.07) is 5.61. The van der Waals surface area contributed by atoms with Crippen molar-refractivity contribution in [2.75, 3.05) is 13.2 Å². The van der Waals surface area contributed by atoms with Gasteiger partial charge in [0.2, 0.25) is 0 Å². The summed E-state index contributed by atoms with van der Waals surface area (Å²) in [6.07, 6.45) is 3.68. The average Bonchev–Trinajstić information content (AvgIpc) is 2.89. The van der Waals surface area contributed by atoms with Crippen molar-refractivity contribution in [1.29, 1.82) is 0 Å². The first-order valence-electron chi connectivity index (χ1n) is 7.03. The minimum absolute atomic E-state index is 0.193. The fourth-order valence-electron chi connectivity index (χ4n) is 2.18. The normalized spacial score (nSPS) is 12.2. The Balaban J connectivity index is 2.35. The van der Waals surface area contributed by atoms with Crippen LogP contribution < -0.4 is 20.7 Å². The largest absolute Gasteiger partial charge is 0.490 e. The summed E-state index contributed by atoms with van der Waals surface area (Å²) < 4.78 is 13.1. The molecular formula is C15H22N4O2. The molecule has 0 saturated carbocycles. The standard InChI is InChI=1S/C15H22N4O2/c1-4-20-13-7-6-11(8-14(13)21-5-2)15(18-16)12-9-19(3)10-17-12/h6-10,15,18H,4-5,16H2,1-3H3. The van der Waals surface area contributed by atoms with Crippen LogP contribution >= 0.6 is 0 Å². The summed E-state index contributed by atoms with van der Waals surface area (Å²) in [7, 11) is 1.92. The number of benzene rings is 1. The molecule has 0 aliphatic heterocycles. The van der Waals surface area contributed by atoms with Crippen LogP contribution in [0.1, 0.15) is 31.1 Å². The van der Waals surface area contributed by atoms with E-state index in [0.717, 1.165) is 17.0 Å². The smallest absolute Gasteiger partial charge is 0.161 e. The molecule has 1 heterocycles. The maximum Gasteiger partial charge on any atom is 0.161 e. The van der Waals surface area contributed by atoms with Gasteiger partial charge in [-0.15, -0.1) is 0 Å². The molecule has 21 heavy (non-hydrogen) atoms. The second-order valence-corrected chi connectivity index (χ2v) is 4.64. The molecule has 0 fully saturated rings. The van der Waals surface area contributed by atoms with Gasteiger partial charge in [-0.2, -0.15) is 0 Å². The Bertz CT molecular complexity index is 583. The van der Waals surface area contributed by atoms with Crippen LogP contribution in [-0.2, 0) is 7.05 Å². The zero-order valence-corrected chi connectivity index (χ0v) is 12.7. The predicted molar refractivity (Wildman–Crippen MR) is 81.2 cm³/mol. The van der Waals surface area contributed by atoms with E-state index in [2.05, 4.69) is 10.4 Å². The number of nitrogens with one attached hydrogen (secondary N) is 1. The number of hydrogen-bond acceptors (Lipinski definition) is 5. The number of aryl methyl sites for hydroxylation is 1. The molecule has 2 rings (SSSR count). The van der Waals surface area contributed by atoms with Gasteiger partial charge in [0.15, 0.2) is 11.5 Å². The van der Waals surface area contributed by atoms with Gasteiger partial charge in [-0.05, 0) is 31.5 Å². The molecule has 0 amide bonds. The highest BCUT2D eigenvalue weighted by molar-refractivity contribution is 5.45. The highest BCUT2D eigenvalue weighted by Gasteiger charge is 2.17. The Morgan fingerprint density at radius 3 is 2.52 bits per heavy atom. The third-order valence-electron chi connectivity index (χ3n) is 3.09. The number of hydrogen-bond donors (Lipinski definition) is 2. The van der Waals surface area contributed by atoms with E-state index >= 15 is 0 Å². The molecule has 6 heteroatoms. The van der Waals surface area contributed by atoms with E-state index in [4.69, 9.17) is 15.3 Å². The summed E-state index contributed by atoms with van der Waals surface area (Å²) in [4.78, 5) is 4.35. The number of nitrogens with two attached hydrogens (primary N) is 1. The summed E-state index contributed by atoms with van der Waals surface area (Å²) in [5.41, 5.74) is 4.62. The van der Waals surface area contributed by atoms with Gasteiger partial charge < -0.3 is 14.0 Å². The molecule has 1 atom stereocenters. The van der Waals surface area contributed by atoms with Crippen molar-refractivity contribution in [3.05, 3.63) is 42.0 Å². The van der Waals surface area contributed by atoms with E-state index in [1.807, 2.05) is 49.9 Å². The molecule has 0 aliphatic rings. The van der Waals surface area contributed by atoms with Crippen molar-refractivity contribution in [2.24, 2.45) is 12.9 Å². The minimum Gasteiger partial charge on any atom is -0.490 e. The summed E-state index contributed by atoms with van der Waals surface area (Å²) in [6.45, 7) is 5.06. The Morgan fingerprint density at radius 2 is 1.95 bits per heavy atom. The lowest BCUT2D eigenvalue weighted by Crippen LogP contribution is -2.29. The molecule has 3 N–H and O–H groups in total. The molecule has 114 valence electrons. The fraction of sp³-hybridized carbons (Fsp3) is 0.400. The lowest BCUT2D eigenvalue weighted by Gasteiger charge is -2.17. The molecule has 0 radical (unpaired) electrons. The zero-order valence-electron chi connectivity index (χ0n) is 12.7. The van der Waals surface area contributed by atoms with Crippen molar-refractivity contribution in [3.8, 4) is 11.5 Å². The van der Waals surface area contributed by atoms with Crippen LogP contribution in [-0.4, -0.2) is 22.8 Å². The molecule has 2 aromatic rings. The number of aromatic nitrogens is 2. The number of rotatable bonds is 7. The van der Waals surface area contributed by atoms with Crippen molar-refractivity contribution < 1.29 is 9.47 Å². The minimum atomic E-state index is -0.193. The van der Waals surface area contributed by atoms with Gasteiger partial charge in [0.1, 0.15) is 0 Å². The van der Waals surface area contributed by atoms with E-state index in [0.29, 0.717) is 19.0 Å². The first-order chi connectivity index (χ1) is 10.2. The fourth-order valence-corrected chi connectivity index (χ4v) is 2.18. The van der Waals surface area contributed by atoms with Crippen molar-refractivity contribution in [2.45, 2.75) is 19.9 Å². The van der Waals surface area contributed by atoms with Crippen LogP contribution in [0.2, 0.25) is 0 Å². The van der Waals surface area contributed by atoms with Crippen molar-refractivity contribution >= 4 is 0 Å². The first-order valence-corrected chi connectivity index (χ1v) is 7.03. The third-order valence-corrected chi connectivity index (χ3v) is 3.09. The van der Waals surface area contributed by atoms with Gasteiger partial charge in [0.05, 0.1) is 31.3 Å². The van der Waals surface area contributed by atoms with Gasteiger partial charge in [0.25, 0.3) is 0 Å². The second-order valence-electron chi connectivity index (χ2n) is 4.64. The quantitative estimate of drug-likeness (QED) is 0.600. The Kier molecular flexibility index (Phi) is 5.19. The lowest BCUT2D eigenvalue weighted by molar-refractivity contribution is 0.287. The molecule has 1 aromatic carbocycles. The van der Waals surface area contributed by atoms with Gasteiger partial charge in [-0.3, -0.25) is 5.84 Å². The molecule has 1 unspecified atom stereocenters. The van der Waals surface area contributed by atoms with E-state index in [1.165, 1.54) is 0 Å². The number of hydrazine groups is 1. The van der Waals surface area contributed by atoms with E-state index in [1.54, 1.807) is 6.33 Å². The molecule has 0 saturated heterocycles. The lowest BCUT2D eigenvalue weighted by atomic mass is 10.0. The van der Waals surface area contributed by atoms with Crippen LogP contribution in [0.4, 0.5) is 0 Å². The highest BCUT2D eigenvalue weighted by atomic mass is 16.5. The first kappa shape index (κ1) is 15.3. The van der Waals surface area contributed by atoms with Crippen LogP contribution in [0.25, 0.3) is 0 Å². The topological polar surface area (TPSA) is 74.3 Å². The van der Waals surface area contributed by atoms with Crippen LogP contribution in [0.3, 0.4) is 0 Å². The molecular weight excluding hydrogens is 268 g/mol. The molecule has 6 nitrogen and oxygen atoms in total. The van der Waals surface area contributed by atoms with Crippen LogP contribution in [0.5, 0.6) is 11.5 Å². The van der Waals surface area contributed by atoms with Crippen molar-refractivity contribution in [1.82, 2.24) is 15.0 Å². The molecule has 1 aromatic heterocycles. The van der Waals surface area contributed by atoms with Crippen LogP contribution in [0.15, 0.2) is 30.7 Å². The van der Waals surface area contributed by atoms with Crippen LogP contribution in [0, 0.1) is 0 Å². The molecule has 0 spiro atoms. The Morgan fingerprint density at radius 1 is 1.24 bits per heavy atom. The molecule has 0 aliphatic carbocycles. The van der Waals surface area contributed by atoms with Crippen molar-refractivity contribution in [3.63, 3.8) is 0 Å². The summed E-state index contributed by atoms with van der Waals surface area (Å²) in [5, 5.41) is 0. The maximum atomic E-state index is 5.70. The SMILES string of the molecule is CCOc1ccc(C(NN)c2cn(C)cn2)cc1OCC. The van der Waals surface area contributed by atoms with Gasteiger partial charge in [-0.25, -0.2) is 10.4 Å². The summed E-state index contributed by atoms with van der Waals surface area (Å²) in [5.74, 6) is 7.15. The predicted octanol–water partition coefficient (Wildman–Crippen LogP) is 1.77. The summed E-state index contributed by atoms with van der Waals surface area (Å²) >= 11 is 0. The van der Waals surface area contributed by atoms with Gasteiger partial charge in [0, 0.05) is 13.2 Å². The van der Waals surface area contributed by atoms with E-state index < -0.39 is 0 Å². The van der Waals surface area contributed by atoms with Gasteiger partial charge in [-0.1, -0.05) is 6.07 Å². The van der Waals surface area contributed by atoms with Gasteiger partial charge >= 0.3 is 0 Å². The average molecular weight is 290 g/mol. The van der Waals surface area contributed by atoms with E-state index in [9.17, 15) is 0 Å². The third kappa shape index (κ3) is 3.53. The molecule has 0 bridgehead atoms. The Hall–Kier alpha value is -2.05. The Labute approximate surface area is 124 Å². The number of ether oxygens (including phenoxy) is 2. The zero-order chi connectivity index (χ0) is 15.2. The number of nitrogens with zero attached hydrogens (tertiary/aromatic N) is 2. The maximum absolute atomic E-state index is 5.70. The van der Waals surface area contributed by atoms with E-state index in [-0.39, 0.29) is 6.04 Å². The number of imidazole rings is 1.